The fourth-order valence-corrected chi connectivity index (χ4v) is 4.32. The van der Waals surface area contributed by atoms with Crippen molar-refractivity contribution in [2.75, 3.05) is 5.32 Å². The highest BCUT2D eigenvalue weighted by Gasteiger charge is 2.23. The van der Waals surface area contributed by atoms with Crippen molar-refractivity contribution in [3.8, 4) is 0 Å². The number of imidazole rings is 1. The molecule has 0 spiro atoms. The van der Waals surface area contributed by atoms with Gasteiger partial charge < -0.3 is 9.88 Å². The molecule has 0 radical (unpaired) electrons. The second kappa shape index (κ2) is 6.47. The van der Waals surface area contributed by atoms with E-state index in [0.29, 0.717) is 17.5 Å². The van der Waals surface area contributed by atoms with E-state index < -0.39 is 9.84 Å². The average Bonchev–Trinajstić information content (AvgIpc) is 3.17. The molecule has 0 fully saturated rings. The van der Waals surface area contributed by atoms with Gasteiger partial charge in [-0.1, -0.05) is 29.5 Å². The first-order chi connectivity index (χ1) is 11.1. The molecule has 3 rings (SSSR count). The van der Waals surface area contributed by atoms with E-state index in [1.807, 2.05) is 37.3 Å². The third-order valence-corrected chi connectivity index (χ3v) is 6.06. The first-order valence-electron chi connectivity index (χ1n) is 6.97. The highest BCUT2D eigenvalue weighted by atomic mass is 32.2. The summed E-state index contributed by atoms with van der Waals surface area (Å²) < 4.78 is 26.7. The van der Waals surface area contributed by atoms with Gasteiger partial charge in [0.25, 0.3) is 0 Å². The van der Waals surface area contributed by atoms with Crippen LogP contribution in [0.25, 0.3) is 0 Å². The predicted octanol–water partition coefficient (Wildman–Crippen LogP) is 2.47. The smallest absolute Gasteiger partial charge is 0.234 e. The Morgan fingerprint density at radius 2 is 2.00 bits per heavy atom. The van der Waals surface area contributed by atoms with Gasteiger partial charge in [0.15, 0.2) is 0 Å². The van der Waals surface area contributed by atoms with Crippen LogP contribution in [0.15, 0.2) is 47.1 Å². The molecule has 2 heterocycles. The monoisotopic (exact) mass is 349 g/mol. The number of aromatic nitrogens is 4. The maximum atomic E-state index is 12.5. The minimum Gasteiger partial charge on any atom is -0.334 e. The number of hydrogen-bond donors (Lipinski definition) is 1. The second-order valence-corrected chi connectivity index (χ2v) is 7.89. The van der Waals surface area contributed by atoms with E-state index in [4.69, 9.17) is 0 Å². The van der Waals surface area contributed by atoms with Crippen LogP contribution >= 0.6 is 11.3 Å². The molecule has 0 unspecified atom stereocenters. The molecular weight excluding hydrogens is 334 g/mol. The summed E-state index contributed by atoms with van der Waals surface area (Å²) in [7, 11) is -3.57. The third kappa shape index (κ3) is 3.57. The first-order valence-corrected chi connectivity index (χ1v) is 9.43. The minimum absolute atomic E-state index is 0.0124. The van der Waals surface area contributed by atoms with Crippen LogP contribution in [0.4, 0.5) is 10.8 Å². The number of sulfone groups is 1. The Balaban J connectivity index is 1.79. The van der Waals surface area contributed by atoms with Gasteiger partial charge in [-0.2, -0.15) is 0 Å². The van der Waals surface area contributed by atoms with Gasteiger partial charge in [0.1, 0.15) is 11.6 Å². The standard InChI is InChI=1S/C14H15N5O2S2/c1-2-19-9-8-15-12(19)10-23(20,21)14-18-17-13(22-14)16-11-6-4-3-5-7-11/h3-9H,2,10H2,1H3,(H,16,17). The summed E-state index contributed by atoms with van der Waals surface area (Å²) in [6.07, 6.45) is 3.35. The van der Waals surface area contributed by atoms with E-state index in [1.54, 1.807) is 17.0 Å². The molecule has 23 heavy (non-hydrogen) atoms. The maximum absolute atomic E-state index is 12.5. The zero-order chi connectivity index (χ0) is 16.3. The molecule has 0 atom stereocenters. The van der Waals surface area contributed by atoms with Crippen LogP contribution in [0.1, 0.15) is 12.7 Å². The first kappa shape index (κ1) is 15.6. The van der Waals surface area contributed by atoms with Gasteiger partial charge in [-0.15, -0.1) is 10.2 Å². The molecule has 0 saturated heterocycles. The van der Waals surface area contributed by atoms with E-state index in [1.165, 1.54) is 0 Å². The van der Waals surface area contributed by atoms with Crippen LogP contribution in [-0.2, 0) is 22.1 Å². The summed E-state index contributed by atoms with van der Waals surface area (Å²) in [4.78, 5) is 4.10. The fraction of sp³-hybridized carbons (Fsp3) is 0.214. The highest BCUT2D eigenvalue weighted by molar-refractivity contribution is 7.92. The Labute approximate surface area is 138 Å². The Bertz CT molecular complexity index is 887. The maximum Gasteiger partial charge on any atom is 0.234 e. The number of aryl methyl sites for hydroxylation is 1. The molecule has 2 aromatic heterocycles. The quantitative estimate of drug-likeness (QED) is 0.735. The largest absolute Gasteiger partial charge is 0.334 e. The zero-order valence-corrected chi connectivity index (χ0v) is 14.0. The van der Waals surface area contributed by atoms with Crippen molar-refractivity contribution in [3.05, 3.63) is 48.5 Å². The van der Waals surface area contributed by atoms with Crippen LogP contribution in [0.5, 0.6) is 0 Å². The summed E-state index contributed by atoms with van der Waals surface area (Å²) in [5.41, 5.74) is 0.828. The van der Waals surface area contributed by atoms with Crippen LogP contribution in [0.2, 0.25) is 0 Å². The molecule has 0 aliphatic rings. The number of nitrogens with zero attached hydrogens (tertiary/aromatic N) is 4. The van der Waals surface area contributed by atoms with Crippen LogP contribution in [0.3, 0.4) is 0 Å². The van der Waals surface area contributed by atoms with Gasteiger partial charge in [-0.05, 0) is 19.1 Å². The number of nitrogens with one attached hydrogen (secondary N) is 1. The topological polar surface area (TPSA) is 89.8 Å². The normalized spacial score (nSPS) is 11.5. The van der Waals surface area contributed by atoms with Gasteiger partial charge in [-0.25, -0.2) is 13.4 Å². The molecule has 120 valence electrons. The highest BCUT2D eigenvalue weighted by Crippen LogP contribution is 2.25. The molecule has 7 nitrogen and oxygen atoms in total. The molecule has 0 aliphatic heterocycles. The van der Waals surface area contributed by atoms with Crippen molar-refractivity contribution in [3.63, 3.8) is 0 Å². The van der Waals surface area contributed by atoms with E-state index in [2.05, 4.69) is 20.5 Å². The Morgan fingerprint density at radius 1 is 1.22 bits per heavy atom. The predicted molar refractivity (Wildman–Crippen MR) is 88.4 cm³/mol. The molecule has 3 aromatic rings. The Hall–Kier alpha value is -2.26. The SMILES string of the molecule is CCn1ccnc1CS(=O)(=O)c1nnc(Nc2ccccc2)s1. The molecule has 0 bridgehead atoms. The Kier molecular flexibility index (Phi) is 4.39. The fourth-order valence-electron chi connectivity index (χ4n) is 2.03. The molecule has 0 aliphatic carbocycles. The molecule has 1 N–H and O–H groups in total. The van der Waals surface area contributed by atoms with Crippen molar-refractivity contribution < 1.29 is 8.42 Å². The van der Waals surface area contributed by atoms with Gasteiger partial charge in [0.2, 0.25) is 19.3 Å². The second-order valence-electron chi connectivity index (χ2n) is 4.75. The summed E-state index contributed by atoms with van der Waals surface area (Å²) in [5.74, 6) is 0.314. The summed E-state index contributed by atoms with van der Waals surface area (Å²) in [6.45, 7) is 2.60. The van der Waals surface area contributed by atoms with Crippen molar-refractivity contribution in [1.82, 2.24) is 19.7 Å². The lowest BCUT2D eigenvalue weighted by molar-refractivity contribution is 0.589. The molecule has 1 aromatic carbocycles. The lowest BCUT2D eigenvalue weighted by atomic mass is 10.3. The number of hydrogen-bond acceptors (Lipinski definition) is 7. The van der Waals surface area contributed by atoms with Gasteiger partial charge in [-0.3, -0.25) is 0 Å². The van der Waals surface area contributed by atoms with Crippen molar-refractivity contribution >= 4 is 32.0 Å². The van der Waals surface area contributed by atoms with E-state index >= 15 is 0 Å². The van der Waals surface area contributed by atoms with Crippen molar-refractivity contribution in [2.24, 2.45) is 0 Å². The summed E-state index contributed by atoms with van der Waals surface area (Å²) in [5, 5.41) is 11.2. The molecule has 0 amide bonds. The van der Waals surface area contributed by atoms with Gasteiger partial charge in [0.05, 0.1) is 0 Å². The van der Waals surface area contributed by atoms with Crippen LogP contribution in [-0.4, -0.2) is 28.2 Å². The zero-order valence-electron chi connectivity index (χ0n) is 12.4. The van der Waals surface area contributed by atoms with Gasteiger partial charge in [0, 0.05) is 24.6 Å². The number of rotatable bonds is 6. The summed E-state index contributed by atoms with van der Waals surface area (Å²) >= 11 is 1.01. The minimum atomic E-state index is -3.57. The van der Waals surface area contributed by atoms with E-state index in [-0.39, 0.29) is 10.1 Å². The van der Waals surface area contributed by atoms with Crippen molar-refractivity contribution in [2.45, 2.75) is 23.6 Å². The lowest BCUT2D eigenvalue weighted by Gasteiger charge is -2.03. The lowest BCUT2D eigenvalue weighted by Crippen LogP contribution is -2.10. The van der Waals surface area contributed by atoms with Crippen LogP contribution in [0, 0.1) is 0 Å². The van der Waals surface area contributed by atoms with E-state index in [0.717, 1.165) is 17.0 Å². The average molecular weight is 349 g/mol. The molecular formula is C14H15N5O2S2. The Morgan fingerprint density at radius 3 is 2.74 bits per heavy atom. The molecule has 0 saturated carbocycles. The van der Waals surface area contributed by atoms with Crippen molar-refractivity contribution in [1.29, 1.82) is 0 Å². The molecule has 9 heteroatoms. The number of benzene rings is 1. The third-order valence-electron chi connectivity index (χ3n) is 3.16. The number of anilines is 2. The summed E-state index contributed by atoms with van der Waals surface area (Å²) in [6, 6.07) is 9.40. The van der Waals surface area contributed by atoms with Gasteiger partial charge >= 0.3 is 0 Å². The number of para-hydroxylation sites is 1. The van der Waals surface area contributed by atoms with Crippen LogP contribution < -0.4 is 5.32 Å². The van der Waals surface area contributed by atoms with E-state index in [9.17, 15) is 8.42 Å².